The van der Waals surface area contributed by atoms with Crippen LogP contribution in [0.15, 0.2) is 58.2 Å². The van der Waals surface area contributed by atoms with Gasteiger partial charge in [-0.15, -0.1) is 10.2 Å². The second-order valence-corrected chi connectivity index (χ2v) is 6.79. The molecule has 1 heterocycles. The van der Waals surface area contributed by atoms with E-state index in [1.807, 2.05) is 24.3 Å². The molecule has 0 unspecified atom stereocenters. The van der Waals surface area contributed by atoms with E-state index >= 15 is 0 Å². The molecule has 0 atom stereocenters. The van der Waals surface area contributed by atoms with E-state index in [0.717, 1.165) is 10.2 Å². The number of benzene rings is 2. The summed E-state index contributed by atoms with van der Waals surface area (Å²) >= 11 is 4.79. The van der Waals surface area contributed by atoms with Gasteiger partial charge in [-0.3, -0.25) is 0 Å². The zero-order valence-corrected chi connectivity index (χ0v) is 14.9. The van der Waals surface area contributed by atoms with Crippen molar-refractivity contribution in [1.29, 1.82) is 0 Å². The maximum absolute atomic E-state index is 13.8. The molecule has 3 aromatic rings. The molecule has 0 saturated heterocycles. The highest BCUT2D eigenvalue weighted by atomic mass is 79.9. The number of hydrogen-bond acceptors (Lipinski definition) is 5. The van der Waals surface area contributed by atoms with Gasteiger partial charge in [0.25, 0.3) is 0 Å². The van der Waals surface area contributed by atoms with Crippen molar-refractivity contribution < 1.29 is 9.13 Å². The van der Waals surface area contributed by atoms with Gasteiger partial charge in [0, 0.05) is 10.2 Å². The summed E-state index contributed by atoms with van der Waals surface area (Å²) in [7, 11) is 0. The first-order valence-electron chi connectivity index (χ1n) is 7.11. The van der Waals surface area contributed by atoms with Crippen LogP contribution in [-0.4, -0.2) is 27.2 Å². The van der Waals surface area contributed by atoms with E-state index in [1.54, 1.807) is 18.2 Å². The van der Waals surface area contributed by atoms with Crippen LogP contribution in [0.25, 0.3) is 11.4 Å². The lowest BCUT2D eigenvalue weighted by Crippen LogP contribution is -2.12. The molecule has 0 amide bonds. The topological polar surface area (TPSA) is 66.0 Å². The Labute approximate surface area is 151 Å². The van der Waals surface area contributed by atoms with Crippen molar-refractivity contribution in [3.8, 4) is 17.1 Å². The van der Waals surface area contributed by atoms with Gasteiger partial charge in [-0.05, 0) is 30.3 Å². The molecule has 3 rings (SSSR count). The summed E-state index contributed by atoms with van der Waals surface area (Å²) in [5, 5.41) is 8.49. The van der Waals surface area contributed by atoms with Crippen molar-refractivity contribution >= 4 is 27.7 Å². The minimum Gasteiger partial charge on any atom is -0.493 e. The van der Waals surface area contributed by atoms with Crippen molar-refractivity contribution in [1.82, 2.24) is 14.9 Å². The summed E-state index contributed by atoms with van der Waals surface area (Å²) in [6.45, 7) is 0.489. The van der Waals surface area contributed by atoms with Crippen LogP contribution in [0.2, 0.25) is 0 Å². The zero-order valence-electron chi connectivity index (χ0n) is 12.5. The van der Waals surface area contributed by atoms with E-state index in [1.165, 1.54) is 22.5 Å². The van der Waals surface area contributed by atoms with Gasteiger partial charge < -0.3 is 10.6 Å². The van der Waals surface area contributed by atoms with Crippen molar-refractivity contribution in [3.05, 3.63) is 58.8 Å². The maximum atomic E-state index is 13.8. The average molecular weight is 409 g/mol. The van der Waals surface area contributed by atoms with E-state index in [0.29, 0.717) is 28.9 Å². The van der Waals surface area contributed by atoms with Gasteiger partial charge in [0.2, 0.25) is 5.16 Å². The van der Waals surface area contributed by atoms with E-state index < -0.39 is 0 Å². The molecule has 1 aromatic heterocycles. The van der Waals surface area contributed by atoms with Crippen LogP contribution in [-0.2, 0) is 0 Å². The molecular formula is C16H14BrFN4OS. The lowest BCUT2D eigenvalue weighted by molar-refractivity contribution is 0.343. The fourth-order valence-electron chi connectivity index (χ4n) is 2.05. The Morgan fingerprint density at radius 3 is 2.79 bits per heavy atom. The highest BCUT2D eigenvalue weighted by molar-refractivity contribution is 9.10. The number of halogens is 2. The van der Waals surface area contributed by atoms with Crippen molar-refractivity contribution in [2.75, 3.05) is 18.2 Å². The summed E-state index contributed by atoms with van der Waals surface area (Å²) in [4.78, 5) is 0. The van der Waals surface area contributed by atoms with Gasteiger partial charge in [-0.1, -0.05) is 45.9 Å². The van der Waals surface area contributed by atoms with Crippen LogP contribution < -0.4 is 10.6 Å². The Hall–Kier alpha value is -2.06. The average Bonchev–Trinajstić information content (AvgIpc) is 2.93. The second kappa shape index (κ2) is 7.67. The van der Waals surface area contributed by atoms with Gasteiger partial charge in [-0.25, -0.2) is 9.07 Å². The number of hydrogen-bond donors (Lipinski definition) is 1. The third-order valence-electron chi connectivity index (χ3n) is 3.16. The minimum absolute atomic E-state index is 0.295. The molecule has 5 nitrogen and oxygen atoms in total. The smallest absolute Gasteiger partial charge is 0.210 e. The Kier molecular flexibility index (Phi) is 5.37. The zero-order chi connectivity index (χ0) is 16.9. The van der Waals surface area contributed by atoms with Gasteiger partial charge in [0.1, 0.15) is 11.6 Å². The first-order chi connectivity index (χ1) is 11.6. The predicted molar refractivity (Wildman–Crippen MR) is 95.9 cm³/mol. The summed E-state index contributed by atoms with van der Waals surface area (Å²) in [5.74, 6) is 7.31. The highest BCUT2D eigenvalue weighted by Crippen LogP contribution is 2.24. The number of nitrogens with two attached hydrogens (primary N) is 1. The predicted octanol–water partition coefficient (Wildman–Crippen LogP) is 3.73. The van der Waals surface area contributed by atoms with E-state index in [9.17, 15) is 4.39 Å². The lowest BCUT2D eigenvalue weighted by Gasteiger charge is -2.06. The molecule has 0 saturated carbocycles. The molecule has 0 radical (unpaired) electrons. The molecule has 8 heteroatoms. The maximum Gasteiger partial charge on any atom is 0.210 e. The molecule has 2 N–H and O–H groups in total. The number of ether oxygens (including phenoxy) is 1. The van der Waals surface area contributed by atoms with Crippen LogP contribution in [0.5, 0.6) is 5.75 Å². The molecule has 0 aliphatic heterocycles. The quantitative estimate of drug-likeness (QED) is 0.382. The summed E-state index contributed by atoms with van der Waals surface area (Å²) < 4.78 is 21.7. The van der Waals surface area contributed by atoms with E-state index in [-0.39, 0.29) is 5.82 Å². The molecule has 124 valence electrons. The molecule has 0 fully saturated rings. The molecule has 0 aliphatic rings. The molecule has 24 heavy (non-hydrogen) atoms. The number of nitrogen functional groups attached to an aromatic ring is 1. The molecule has 0 aliphatic carbocycles. The summed E-state index contributed by atoms with van der Waals surface area (Å²) in [6, 6.07) is 13.9. The lowest BCUT2D eigenvalue weighted by atomic mass is 10.2. The third-order valence-corrected chi connectivity index (χ3v) is 4.56. The van der Waals surface area contributed by atoms with Crippen LogP contribution >= 0.6 is 27.7 Å². The Balaban J connectivity index is 1.60. The Morgan fingerprint density at radius 2 is 2.00 bits per heavy atom. The van der Waals surface area contributed by atoms with Crippen molar-refractivity contribution in [2.45, 2.75) is 5.16 Å². The third kappa shape index (κ3) is 3.88. The fourth-order valence-corrected chi connectivity index (χ4v) is 3.10. The molecule has 0 spiro atoms. The number of nitrogens with zero attached hydrogens (tertiary/aromatic N) is 3. The standard InChI is InChI=1S/C16H14BrFN4OS/c17-11-4-3-5-12(10-11)23-8-9-24-16-21-20-15(22(16)19)13-6-1-2-7-14(13)18/h1-7,10H,8-9,19H2. The van der Waals surface area contributed by atoms with Gasteiger partial charge in [0.15, 0.2) is 5.82 Å². The van der Waals surface area contributed by atoms with Crippen molar-refractivity contribution in [3.63, 3.8) is 0 Å². The largest absolute Gasteiger partial charge is 0.493 e. The first-order valence-corrected chi connectivity index (χ1v) is 8.89. The van der Waals surface area contributed by atoms with Gasteiger partial charge in [-0.2, -0.15) is 0 Å². The van der Waals surface area contributed by atoms with Crippen LogP contribution in [0.4, 0.5) is 4.39 Å². The van der Waals surface area contributed by atoms with E-state index in [2.05, 4.69) is 26.1 Å². The molecule has 2 aromatic carbocycles. The summed E-state index contributed by atoms with van der Waals surface area (Å²) in [5.41, 5.74) is 0.324. The number of thioether (sulfide) groups is 1. The first kappa shape index (κ1) is 16.8. The van der Waals surface area contributed by atoms with Crippen molar-refractivity contribution in [2.24, 2.45) is 0 Å². The van der Waals surface area contributed by atoms with Crippen LogP contribution in [0.3, 0.4) is 0 Å². The SMILES string of the molecule is Nn1c(SCCOc2cccc(Br)c2)nnc1-c1ccccc1F. The molecular weight excluding hydrogens is 395 g/mol. The normalized spacial score (nSPS) is 10.8. The van der Waals surface area contributed by atoms with E-state index in [4.69, 9.17) is 10.6 Å². The highest BCUT2D eigenvalue weighted by Gasteiger charge is 2.15. The number of aromatic nitrogens is 3. The summed E-state index contributed by atoms with van der Waals surface area (Å²) in [6.07, 6.45) is 0. The number of rotatable bonds is 6. The fraction of sp³-hybridized carbons (Fsp3) is 0.125. The van der Waals surface area contributed by atoms with Gasteiger partial charge >= 0.3 is 0 Å². The Morgan fingerprint density at radius 1 is 1.17 bits per heavy atom. The minimum atomic E-state index is -0.383. The monoisotopic (exact) mass is 408 g/mol. The molecule has 0 bridgehead atoms. The van der Waals surface area contributed by atoms with Crippen LogP contribution in [0.1, 0.15) is 0 Å². The second-order valence-electron chi connectivity index (χ2n) is 4.81. The Bertz CT molecular complexity index is 842. The van der Waals surface area contributed by atoms with Gasteiger partial charge in [0.05, 0.1) is 12.2 Å². The van der Waals surface area contributed by atoms with Crippen LogP contribution in [0, 0.1) is 5.82 Å².